The summed E-state index contributed by atoms with van der Waals surface area (Å²) < 4.78 is 11.5. The maximum Gasteiger partial charge on any atom is 0.161 e. The minimum Gasteiger partial charge on any atom is -0.490 e. The lowest BCUT2D eigenvalue weighted by Gasteiger charge is -2.32. The van der Waals surface area contributed by atoms with Crippen LogP contribution in [0.3, 0.4) is 0 Å². The second-order valence-electron chi connectivity index (χ2n) is 5.59. The average Bonchev–Trinajstić information content (AvgIpc) is 2.50. The molecule has 0 aliphatic carbocycles. The monoisotopic (exact) mass is 328 g/mol. The van der Waals surface area contributed by atoms with Crippen molar-refractivity contribution in [1.29, 1.82) is 0 Å². The Balaban J connectivity index is 0.00000242. The Labute approximate surface area is 140 Å². The number of piperidine rings is 1. The minimum atomic E-state index is 0. The Morgan fingerprint density at radius 1 is 1.23 bits per heavy atom. The van der Waals surface area contributed by atoms with Crippen LogP contribution in [0, 0.1) is 5.92 Å². The Hall–Kier alpha value is -0.970. The van der Waals surface area contributed by atoms with Crippen molar-refractivity contribution >= 4 is 12.4 Å². The number of hydrogen-bond donors (Lipinski definition) is 1. The molecule has 5 heteroatoms. The summed E-state index contributed by atoms with van der Waals surface area (Å²) in [5.74, 6) is 2.47. The van der Waals surface area contributed by atoms with E-state index in [9.17, 15) is 0 Å². The van der Waals surface area contributed by atoms with Gasteiger partial charge in [0.1, 0.15) is 6.61 Å². The van der Waals surface area contributed by atoms with E-state index >= 15 is 0 Å². The molecule has 1 atom stereocenters. The summed E-state index contributed by atoms with van der Waals surface area (Å²) in [5, 5.41) is 3.29. The summed E-state index contributed by atoms with van der Waals surface area (Å²) in [5.41, 5.74) is 0. The standard InChI is InChI=1S/C17H28N2O2.ClH/c1-3-20-16-8-4-5-9-17(16)21-12-11-19-10-6-7-15(14-19)13-18-2;/h4-5,8-9,15,18H,3,6-7,10-14H2,1-2H3;1H. The molecule has 1 unspecified atom stereocenters. The van der Waals surface area contributed by atoms with Crippen LogP contribution in [0.15, 0.2) is 24.3 Å². The summed E-state index contributed by atoms with van der Waals surface area (Å²) in [6.45, 7) is 7.85. The Morgan fingerprint density at radius 3 is 2.64 bits per heavy atom. The van der Waals surface area contributed by atoms with Gasteiger partial charge in [-0.25, -0.2) is 0 Å². The van der Waals surface area contributed by atoms with E-state index in [0.717, 1.165) is 37.1 Å². The third kappa shape index (κ3) is 6.03. The molecule has 0 spiro atoms. The van der Waals surface area contributed by atoms with Gasteiger partial charge in [0.15, 0.2) is 11.5 Å². The zero-order chi connectivity index (χ0) is 14.9. The van der Waals surface area contributed by atoms with Gasteiger partial charge in [0.25, 0.3) is 0 Å². The summed E-state index contributed by atoms with van der Waals surface area (Å²) >= 11 is 0. The lowest BCUT2D eigenvalue weighted by atomic mass is 9.98. The first-order valence-electron chi connectivity index (χ1n) is 8.05. The van der Waals surface area contributed by atoms with Crippen molar-refractivity contribution in [3.8, 4) is 11.5 Å². The Morgan fingerprint density at radius 2 is 1.95 bits per heavy atom. The van der Waals surface area contributed by atoms with Gasteiger partial charge in [-0.1, -0.05) is 12.1 Å². The molecule has 2 rings (SSSR count). The number of rotatable bonds is 8. The molecule has 1 N–H and O–H groups in total. The second kappa shape index (κ2) is 10.7. The average molecular weight is 329 g/mol. The van der Waals surface area contributed by atoms with Gasteiger partial charge < -0.3 is 14.8 Å². The highest BCUT2D eigenvalue weighted by molar-refractivity contribution is 5.85. The molecule has 0 bridgehead atoms. The van der Waals surface area contributed by atoms with E-state index in [1.165, 1.54) is 25.9 Å². The molecule has 0 saturated carbocycles. The van der Waals surface area contributed by atoms with Gasteiger partial charge in [-0.05, 0) is 58.0 Å². The van der Waals surface area contributed by atoms with Gasteiger partial charge in [-0.3, -0.25) is 4.90 Å². The normalized spacial score (nSPS) is 18.5. The van der Waals surface area contributed by atoms with Crippen molar-refractivity contribution in [2.24, 2.45) is 5.92 Å². The van der Waals surface area contributed by atoms with Gasteiger partial charge in [0, 0.05) is 13.1 Å². The highest BCUT2D eigenvalue weighted by Gasteiger charge is 2.19. The van der Waals surface area contributed by atoms with Crippen LogP contribution in [0.1, 0.15) is 19.8 Å². The Bertz CT molecular complexity index is 415. The van der Waals surface area contributed by atoms with E-state index in [-0.39, 0.29) is 12.4 Å². The van der Waals surface area contributed by atoms with E-state index < -0.39 is 0 Å². The van der Waals surface area contributed by atoms with Gasteiger partial charge in [-0.15, -0.1) is 12.4 Å². The minimum absolute atomic E-state index is 0. The van der Waals surface area contributed by atoms with E-state index in [1.807, 2.05) is 38.2 Å². The lowest BCUT2D eigenvalue weighted by Crippen LogP contribution is -2.40. The molecule has 0 amide bonds. The van der Waals surface area contributed by atoms with Crippen LogP contribution in [0.25, 0.3) is 0 Å². The molecule has 1 aromatic rings. The first-order valence-corrected chi connectivity index (χ1v) is 8.05. The van der Waals surface area contributed by atoms with Crippen LogP contribution in [0.2, 0.25) is 0 Å². The van der Waals surface area contributed by atoms with Crippen molar-refractivity contribution in [1.82, 2.24) is 10.2 Å². The largest absolute Gasteiger partial charge is 0.490 e. The fourth-order valence-electron chi connectivity index (χ4n) is 2.94. The summed E-state index contributed by atoms with van der Waals surface area (Å²) in [4.78, 5) is 2.51. The maximum absolute atomic E-state index is 5.91. The SMILES string of the molecule is CCOc1ccccc1OCCN1CCCC(CNC)C1.Cl. The van der Waals surface area contributed by atoms with Crippen molar-refractivity contribution in [3.63, 3.8) is 0 Å². The topological polar surface area (TPSA) is 33.7 Å². The van der Waals surface area contributed by atoms with Gasteiger partial charge >= 0.3 is 0 Å². The van der Waals surface area contributed by atoms with Crippen LogP contribution in [-0.2, 0) is 0 Å². The van der Waals surface area contributed by atoms with Crippen LogP contribution in [-0.4, -0.2) is 51.3 Å². The maximum atomic E-state index is 5.91. The molecule has 126 valence electrons. The molecule has 1 aromatic carbocycles. The van der Waals surface area contributed by atoms with Gasteiger partial charge in [0.05, 0.1) is 6.61 Å². The lowest BCUT2D eigenvalue weighted by molar-refractivity contribution is 0.145. The number of hydrogen-bond acceptors (Lipinski definition) is 4. The molecule has 4 nitrogen and oxygen atoms in total. The zero-order valence-corrected chi connectivity index (χ0v) is 14.5. The zero-order valence-electron chi connectivity index (χ0n) is 13.7. The summed E-state index contributed by atoms with van der Waals surface area (Å²) in [6, 6.07) is 7.90. The number of halogens is 1. The molecular formula is C17H29ClN2O2. The van der Waals surface area contributed by atoms with E-state index in [1.54, 1.807) is 0 Å². The highest BCUT2D eigenvalue weighted by atomic mass is 35.5. The van der Waals surface area contributed by atoms with Crippen LogP contribution in [0.5, 0.6) is 11.5 Å². The smallest absolute Gasteiger partial charge is 0.161 e. The number of benzene rings is 1. The van der Waals surface area contributed by atoms with Crippen LogP contribution in [0.4, 0.5) is 0 Å². The third-order valence-electron chi connectivity index (χ3n) is 3.91. The molecule has 0 radical (unpaired) electrons. The molecular weight excluding hydrogens is 300 g/mol. The predicted molar refractivity (Wildman–Crippen MR) is 93.4 cm³/mol. The Kier molecular flexibility index (Phi) is 9.28. The molecule has 0 aromatic heterocycles. The van der Waals surface area contributed by atoms with Crippen molar-refractivity contribution < 1.29 is 9.47 Å². The molecule has 1 fully saturated rings. The molecule has 1 heterocycles. The van der Waals surface area contributed by atoms with Crippen molar-refractivity contribution in [2.45, 2.75) is 19.8 Å². The molecule has 1 aliphatic heterocycles. The molecule has 22 heavy (non-hydrogen) atoms. The molecule has 1 saturated heterocycles. The fourth-order valence-corrected chi connectivity index (χ4v) is 2.94. The number of nitrogens with zero attached hydrogens (tertiary/aromatic N) is 1. The van der Waals surface area contributed by atoms with Gasteiger partial charge in [0.2, 0.25) is 0 Å². The third-order valence-corrected chi connectivity index (χ3v) is 3.91. The highest BCUT2D eigenvalue weighted by Crippen LogP contribution is 2.26. The number of likely N-dealkylation sites (tertiary alicyclic amines) is 1. The predicted octanol–water partition coefficient (Wildman–Crippen LogP) is 2.82. The van der Waals surface area contributed by atoms with Crippen molar-refractivity contribution in [3.05, 3.63) is 24.3 Å². The van der Waals surface area contributed by atoms with E-state index in [0.29, 0.717) is 6.61 Å². The van der Waals surface area contributed by atoms with E-state index in [4.69, 9.17) is 9.47 Å². The second-order valence-corrected chi connectivity index (χ2v) is 5.59. The van der Waals surface area contributed by atoms with Gasteiger partial charge in [-0.2, -0.15) is 0 Å². The number of ether oxygens (including phenoxy) is 2. The fraction of sp³-hybridized carbons (Fsp3) is 0.647. The first kappa shape index (κ1) is 19.1. The van der Waals surface area contributed by atoms with E-state index in [2.05, 4.69) is 10.2 Å². The summed E-state index contributed by atoms with van der Waals surface area (Å²) in [7, 11) is 2.03. The number of nitrogens with one attached hydrogen (secondary N) is 1. The van der Waals surface area contributed by atoms with Crippen molar-refractivity contribution in [2.75, 3.05) is 46.4 Å². The quantitative estimate of drug-likeness (QED) is 0.795. The first-order chi connectivity index (χ1) is 10.3. The molecule has 1 aliphatic rings. The van der Waals surface area contributed by atoms with Crippen LogP contribution < -0.4 is 14.8 Å². The number of para-hydroxylation sites is 2. The summed E-state index contributed by atoms with van der Waals surface area (Å²) in [6.07, 6.45) is 2.63. The van der Waals surface area contributed by atoms with Crippen LogP contribution >= 0.6 is 12.4 Å².